The van der Waals surface area contributed by atoms with Crippen molar-refractivity contribution in [2.45, 2.75) is 33.1 Å². The average molecular weight is 273 g/mol. The van der Waals surface area contributed by atoms with Crippen molar-refractivity contribution in [1.82, 2.24) is 24.8 Å². The van der Waals surface area contributed by atoms with Crippen molar-refractivity contribution >= 4 is 0 Å². The lowest BCUT2D eigenvalue weighted by atomic mass is 10.0. The first kappa shape index (κ1) is 14.7. The summed E-state index contributed by atoms with van der Waals surface area (Å²) < 4.78 is 1.96. The molecule has 5 nitrogen and oxygen atoms in total. The molecule has 0 aliphatic carbocycles. The summed E-state index contributed by atoms with van der Waals surface area (Å²) in [5.41, 5.74) is 4.58. The van der Waals surface area contributed by atoms with Gasteiger partial charge < -0.3 is 9.88 Å². The molecule has 2 aromatic rings. The zero-order chi connectivity index (χ0) is 14.5. The summed E-state index contributed by atoms with van der Waals surface area (Å²) in [6, 6.07) is 0. The van der Waals surface area contributed by atoms with Gasteiger partial charge in [-0.3, -0.25) is 0 Å². The number of rotatable bonds is 6. The SMILES string of the molecule is CCc1nc(-c2cncn2C)nc(CC)c1CCNC. The zero-order valence-corrected chi connectivity index (χ0v) is 12.8. The van der Waals surface area contributed by atoms with Crippen molar-refractivity contribution in [3.8, 4) is 11.5 Å². The van der Waals surface area contributed by atoms with Gasteiger partial charge in [-0.05, 0) is 38.4 Å². The number of nitrogens with one attached hydrogen (secondary N) is 1. The normalized spacial score (nSPS) is 11.0. The first-order chi connectivity index (χ1) is 9.71. The van der Waals surface area contributed by atoms with Gasteiger partial charge in [-0.1, -0.05) is 13.8 Å². The minimum absolute atomic E-state index is 0.784. The maximum absolute atomic E-state index is 4.76. The Morgan fingerprint density at radius 3 is 2.25 bits per heavy atom. The predicted molar refractivity (Wildman–Crippen MR) is 80.6 cm³/mol. The fourth-order valence-electron chi connectivity index (χ4n) is 2.39. The number of aromatic nitrogens is 4. The summed E-state index contributed by atoms with van der Waals surface area (Å²) in [5.74, 6) is 0.784. The van der Waals surface area contributed by atoms with Gasteiger partial charge in [0.1, 0.15) is 5.69 Å². The van der Waals surface area contributed by atoms with Crippen LogP contribution in [-0.2, 0) is 26.3 Å². The standard InChI is InChI=1S/C15H23N5/c1-5-12-11(7-8-16-3)13(6-2)19-15(18-12)14-9-17-10-20(14)4/h9-10,16H,5-8H2,1-4H3. The molecule has 0 aliphatic heterocycles. The van der Waals surface area contributed by atoms with Crippen LogP contribution in [0.1, 0.15) is 30.8 Å². The fraction of sp³-hybridized carbons (Fsp3) is 0.533. The quantitative estimate of drug-likeness (QED) is 0.871. The van der Waals surface area contributed by atoms with Crippen LogP contribution in [0.2, 0.25) is 0 Å². The first-order valence-corrected chi connectivity index (χ1v) is 7.21. The van der Waals surface area contributed by atoms with Crippen LogP contribution in [0.4, 0.5) is 0 Å². The van der Waals surface area contributed by atoms with Crippen LogP contribution in [0.25, 0.3) is 11.5 Å². The lowest BCUT2D eigenvalue weighted by Gasteiger charge is -2.14. The van der Waals surface area contributed by atoms with E-state index in [-0.39, 0.29) is 0 Å². The summed E-state index contributed by atoms with van der Waals surface area (Å²) >= 11 is 0. The minimum atomic E-state index is 0.784. The molecular weight excluding hydrogens is 250 g/mol. The Morgan fingerprint density at radius 1 is 1.15 bits per heavy atom. The molecule has 0 saturated carbocycles. The third kappa shape index (κ3) is 2.88. The maximum atomic E-state index is 4.76. The van der Waals surface area contributed by atoms with Gasteiger partial charge in [-0.25, -0.2) is 15.0 Å². The molecule has 108 valence electrons. The van der Waals surface area contributed by atoms with E-state index in [1.807, 2.05) is 24.9 Å². The van der Waals surface area contributed by atoms with Gasteiger partial charge in [0.05, 0.1) is 12.5 Å². The number of hydrogen-bond acceptors (Lipinski definition) is 4. The molecule has 1 N–H and O–H groups in total. The highest BCUT2D eigenvalue weighted by atomic mass is 15.1. The third-order valence-electron chi connectivity index (χ3n) is 3.52. The number of nitrogens with zero attached hydrogens (tertiary/aromatic N) is 4. The molecule has 0 radical (unpaired) electrons. The zero-order valence-electron chi connectivity index (χ0n) is 12.8. The van der Waals surface area contributed by atoms with Gasteiger partial charge in [0.25, 0.3) is 0 Å². The van der Waals surface area contributed by atoms with E-state index in [0.29, 0.717) is 0 Å². The van der Waals surface area contributed by atoms with E-state index in [1.165, 1.54) is 5.56 Å². The van der Waals surface area contributed by atoms with Crippen molar-refractivity contribution in [3.05, 3.63) is 29.5 Å². The smallest absolute Gasteiger partial charge is 0.178 e. The van der Waals surface area contributed by atoms with Crippen molar-refractivity contribution < 1.29 is 0 Å². The Hall–Kier alpha value is -1.75. The second-order valence-corrected chi connectivity index (χ2v) is 4.87. The number of aryl methyl sites for hydroxylation is 3. The van der Waals surface area contributed by atoms with E-state index in [9.17, 15) is 0 Å². The molecule has 5 heteroatoms. The van der Waals surface area contributed by atoms with Crippen LogP contribution < -0.4 is 5.32 Å². The molecule has 0 spiro atoms. The van der Waals surface area contributed by atoms with E-state index in [0.717, 1.165) is 48.7 Å². The van der Waals surface area contributed by atoms with Gasteiger partial charge in [-0.2, -0.15) is 0 Å². The second-order valence-electron chi connectivity index (χ2n) is 4.87. The summed E-state index contributed by atoms with van der Waals surface area (Å²) in [5, 5.41) is 3.20. The van der Waals surface area contributed by atoms with Crippen molar-refractivity contribution in [3.63, 3.8) is 0 Å². The molecule has 0 aliphatic rings. The average Bonchev–Trinajstić information content (AvgIpc) is 2.90. The van der Waals surface area contributed by atoms with E-state index in [4.69, 9.17) is 9.97 Å². The van der Waals surface area contributed by atoms with Crippen LogP contribution in [0.3, 0.4) is 0 Å². The van der Waals surface area contributed by atoms with Crippen LogP contribution >= 0.6 is 0 Å². The Bertz CT molecular complexity index is 548. The van der Waals surface area contributed by atoms with Crippen LogP contribution in [0, 0.1) is 0 Å². The number of imidazole rings is 1. The number of hydrogen-bond donors (Lipinski definition) is 1. The van der Waals surface area contributed by atoms with Crippen LogP contribution in [0.15, 0.2) is 12.5 Å². The first-order valence-electron chi connectivity index (χ1n) is 7.21. The molecule has 0 unspecified atom stereocenters. The Kier molecular flexibility index (Phi) is 4.84. The molecule has 0 fully saturated rings. The van der Waals surface area contributed by atoms with E-state index in [1.54, 1.807) is 6.33 Å². The molecule has 2 rings (SSSR count). The molecular formula is C15H23N5. The molecule has 2 heterocycles. The predicted octanol–water partition coefficient (Wildman–Crippen LogP) is 1.76. The highest BCUT2D eigenvalue weighted by Gasteiger charge is 2.14. The summed E-state index contributed by atoms with van der Waals surface area (Å²) in [6.07, 6.45) is 6.44. The minimum Gasteiger partial charge on any atom is -0.331 e. The van der Waals surface area contributed by atoms with Gasteiger partial charge in [-0.15, -0.1) is 0 Å². The highest BCUT2D eigenvalue weighted by Crippen LogP contribution is 2.20. The van der Waals surface area contributed by atoms with E-state index < -0.39 is 0 Å². The number of likely N-dealkylation sites (N-methyl/N-ethyl adjacent to an activating group) is 1. The van der Waals surface area contributed by atoms with Gasteiger partial charge >= 0.3 is 0 Å². The van der Waals surface area contributed by atoms with Crippen molar-refractivity contribution in [2.75, 3.05) is 13.6 Å². The molecule has 0 atom stereocenters. The monoisotopic (exact) mass is 273 g/mol. The molecule has 0 bridgehead atoms. The summed E-state index contributed by atoms with van der Waals surface area (Å²) in [7, 11) is 3.94. The fourth-order valence-corrected chi connectivity index (χ4v) is 2.39. The second kappa shape index (κ2) is 6.61. The summed E-state index contributed by atoms with van der Waals surface area (Å²) in [6.45, 7) is 5.25. The van der Waals surface area contributed by atoms with Gasteiger partial charge in [0.2, 0.25) is 0 Å². The Balaban J connectivity index is 2.49. The van der Waals surface area contributed by atoms with E-state index >= 15 is 0 Å². The van der Waals surface area contributed by atoms with Crippen LogP contribution in [0.5, 0.6) is 0 Å². The third-order valence-corrected chi connectivity index (χ3v) is 3.52. The van der Waals surface area contributed by atoms with Crippen LogP contribution in [-0.4, -0.2) is 33.1 Å². The largest absolute Gasteiger partial charge is 0.331 e. The van der Waals surface area contributed by atoms with Crippen molar-refractivity contribution in [1.29, 1.82) is 0 Å². The molecule has 2 aromatic heterocycles. The maximum Gasteiger partial charge on any atom is 0.178 e. The van der Waals surface area contributed by atoms with Crippen molar-refractivity contribution in [2.24, 2.45) is 7.05 Å². The highest BCUT2D eigenvalue weighted by molar-refractivity contribution is 5.50. The van der Waals surface area contributed by atoms with Gasteiger partial charge in [0, 0.05) is 18.4 Å². The lowest BCUT2D eigenvalue weighted by molar-refractivity contribution is 0.758. The summed E-state index contributed by atoms with van der Waals surface area (Å²) in [4.78, 5) is 13.7. The topological polar surface area (TPSA) is 55.6 Å². The molecule has 0 amide bonds. The van der Waals surface area contributed by atoms with Gasteiger partial charge in [0.15, 0.2) is 5.82 Å². The van der Waals surface area contributed by atoms with E-state index in [2.05, 4.69) is 24.1 Å². The lowest BCUT2D eigenvalue weighted by Crippen LogP contribution is -2.15. The molecule has 20 heavy (non-hydrogen) atoms. The molecule has 0 saturated heterocycles. The Labute approximate surface area is 120 Å². The Morgan fingerprint density at radius 2 is 1.80 bits per heavy atom. The molecule has 0 aromatic carbocycles.